The van der Waals surface area contributed by atoms with Crippen molar-refractivity contribution >= 4 is 38.3 Å². The summed E-state index contributed by atoms with van der Waals surface area (Å²) < 4.78 is 33.5. The lowest BCUT2D eigenvalue weighted by atomic mass is 9.95. The maximum absolute atomic E-state index is 13.8. The lowest BCUT2D eigenvalue weighted by Crippen LogP contribution is -2.51. The molecule has 2 aliphatic rings. The predicted molar refractivity (Wildman–Crippen MR) is 160 cm³/mol. The summed E-state index contributed by atoms with van der Waals surface area (Å²) >= 11 is 0. The van der Waals surface area contributed by atoms with Crippen LogP contribution in [0.15, 0.2) is 65.6 Å². The van der Waals surface area contributed by atoms with Crippen molar-refractivity contribution in [1.82, 2.24) is 10.2 Å². The van der Waals surface area contributed by atoms with Crippen LogP contribution in [-0.4, -0.2) is 50.9 Å². The first-order valence-corrected chi connectivity index (χ1v) is 16.0. The number of nitrogens with one attached hydrogen (secondary N) is 1. The Kier molecular flexibility index (Phi) is 8.82. The molecule has 0 saturated heterocycles. The van der Waals surface area contributed by atoms with E-state index < -0.39 is 16.1 Å². The molecule has 1 aliphatic heterocycles. The summed E-state index contributed by atoms with van der Waals surface area (Å²) in [5.41, 5.74) is 1.52. The van der Waals surface area contributed by atoms with E-state index >= 15 is 0 Å². The lowest BCUT2D eigenvalue weighted by molar-refractivity contribution is -0.141. The standard InChI is InChI=1S/C32H39N3O5S/c1-3-27(32(37)33-25-14-5-4-6-15-25)34(22-23-11-7-16-26(21-23)40-2)30(36)19-10-20-35-28-17-8-12-24-13-9-18-29(31(24)28)41(35,38)39/h7-9,11-13,16-18,21,25,27H,3-6,10,14-15,19-20,22H2,1-2H3,(H,33,37)/t27-/m1/s1. The van der Waals surface area contributed by atoms with E-state index in [0.29, 0.717) is 29.2 Å². The molecule has 0 bridgehead atoms. The minimum absolute atomic E-state index is 0.121. The second kappa shape index (κ2) is 12.5. The van der Waals surface area contributed by atoms with Gasteiger partial charge in [-0.3, -0.25) is 13.9 Å². The number of hydrogen-bond donors (Lipinski definition) is 1. The van der Waals surface area contributed by atoms with Gasteiger partial charge in [-0.05, 0) is 60.9 Å². The number of sulfonamides is 1. The summed E-state index contributed by atoms with van der Waals surface area (Å²) in [5.74, 6) is 0.383. The minimum Gasteiger partial charge on any atom is -0.497 e. The molecule has 0 radical (unpaired) electrons. The summed E-state index contributed by atoms with van der Waals surface area (Å²) in [4.78, 5) is 29.2. The van der Waals surface area contributed by atoms with Gasteiger partial charge in [0.25, 0.3) is 10.0 Å². The van der Waals surface area contributed by atoms with Gasteiger partial charge in [0, 0.05) is 30.9 Å². The van der Waals surface area contributed by atoms with Crippen molar-refractivity contribution in [2.45, 2.75) is 81.8 Å². The van der Waals surface area contributed by atoms with Crippen molar-refractivity contribution in [2.75, 3.05) is 18.0 Å². The Balaban J connectivity index is 1.33. The van der Waals surface area contributed by atoms with Gasteiger partial charge >= 0.3 is 0 Å². The van der Waals surface area contributed by atoms with Crippen LogP contribution in [0.25, 0.3) is 10.8 Å². The number of ether oxygens (including phenoxy) is 1. The molecular formula is C32H39N3O5S. The van der Waals surface area contributed by atoms with E-state index in [4.69, 9.17) is 4.74 Å². The van der Waals surface area contributed by atoms with E-state index in [9.17, 15) is 18.0 Å². The number of nitrogens with zero attached hydrogens (tertiary/aromatic N) is 2. The number of amides is 2. The molecule has 1 saturated carbocycles. The highest BCUT2D eigenvalue weighted by Gasteiger charge is 2.36. The summed E-state index contributed by atoms with van der Waals surface area (Å²) in [5, 5.41) is 4.81. The van der Waals surface area contributed by atoms with Crippen molar-refractivity contribution in [3.8, 4) is 5.75 Å². The number of methoxy groups -OCH3 is 1. The fourth-order valence-corrected chi connectivity index (χ4v) is 7.90. The molecule has 0 unspecified atom stereocenters. The van der Waals surface area contributed by atoms with Crippen LogP contribution in [-0.2, 0) is 26.2 Å². The number of rotatable bonds is 11. The molecule has 3 aromatic rings. The van der Waals surface area contributed by atoms with E-state index in [1.807, 2.05) is 55.5 Å². The van der Waals surface area contributed by atoms with Crippen LogP contribution in [0.4, 0.5) is 5.69 Å². The van der Waals surface area contributed by atoms with E-state index in [1.54, 1.807) is 24.1 Å². The molecular weight excluding hydrogens is 538 g/mol. The maximum Gasteiger partial charge on any atom is 0.265 e. The highest BCUT2D eigenvalue weighted by molar-refractivity contribution is 7.93. The van der Waals surface area contributed by atoms with Gasteiger partial charge in [-0.25, -0.2) is 8.42 Å². The van der Waals surface area contributed by atoms with Gasteiger partial charge in [-0.15, -0.1) is 0 Å². The van der Waals surface area contributed by atoms with Crippen LogP contribution in [0.5, 0.6) is 5.75 Å². The zero-order chi connectivity index (χ0) is 29.0. The van der Waals surface area contributed by atoms with Gasteiger partial charge in [0.05, 0.1) is 17.7 Å². The Hall–Kier alpha value is -3.59. The topological polar surface area (TPSA) is 96.0 Å². The van der Waals surface area contributed by atoms with Crippen LogP contribution in [0.2, 0.25) is 0 Å². The van der Waals surface area contributed by atoms with Crippen molar-refractivity contribution < 1.29 is 22.7 Å². The summed E-state index contributed by atoms with van der Waals surface area (Å²) in [6, 6.07) is 17.9. The fourth-order valence-electron chi connectivity index (χ4n) is 6.15. The molecule has 41 heavy (non-hydrogen) atoms. The molecule has 1 fully saturated rings. The molecule has 1 heterocycles. The third-order valence-corrected chi connectivity index (χ3v) is 10.1. The Bertz CT molecular complexity index is 1510. The molecule has 1 atom stereocenters. The second-order valence-electron chi connectivity index (χ2n) is 11.0. The van der Waals surface area contributed by atoms with Gasteiger partial charge in [-0.1, -0.05) is 62.6 Å². The van der Waals surface area contributed by atoms with Gasteiger partial charge in [0.1, 0.15) is 11.8 Å². The van der Waals surface area contributed by atoms with E-state index in [1.165, 1.54) is 10.7 Å². The summed E-state index contributed by atoms with van der Waals surface area (Å²) in [7, 11) is -2.10. The van der Waals surface area contributed by atoms with E-state index in [0.717, 1.165) is 42.0 Å². The number of benzene rings is 3. The Morgan fingerprint density at radius 3 is 2.51 bits per heavy atom. The van der Waals surface area contributed by atoms with Crippen LogP contribution in [0.3, 0.4) is 0 Å². The first-order chi connectivity index (χ1) is 19.8. The largest absolute Gasteiger partial charge is 0.497 e. The van der Waals surface area contributed by atoms with Crippen molar-refractivity contribution in [1.29, 1.82) is 0 Å². The zero-order valence-electron chi connectivity index (χ0n) is 23.8. The molecule has 0 aromatic heterocycles. The fraction of sp³-hybridized carbons (Fsp3) is 0.438. The normalized spacial score (nSPS) is 16.9. The minimum atomic E-state index is -3.69. The summed E-state index contributed by atoms with van der Waals surface area (Å²) in [6.07, 6.45) is 6.25. The molecule has 5 rings (SSSR count). The first-order valence-electron chi connectivity index (χ1n) is 14.6. The zero-order valence-corrected chi connectivity index (χ0v) is 24.7. The smallest absolute Gasteiger partial charge is 0.265 e. The number of hydrogen-bond acceptors (Lipinski definition) is 5. The van der Waals surface area contributed by atoms with Gasteiger partial charge in [0.15, 0.2) is 0 Å². The van der Waals surface area contributed by atoms with Gasteiger partial charge in [-0.2, -0.15) is 0 Å². The predicted octanol–water partition coefficient (Wildman–Crippen LogP) is 5.39. The van der Waals surface area contributed by atoms with Gasteiger partial charge in [0.2, 0.25) is 11.8 Å². The lowest BCUT2D eigenvalue weighted by Gasteiger charge is -2.33. The third kappa shape index (κ3) is 6.05. The van der Waals surface area contributed by atoms with Crippen molar-refractivity contribution in [3.05, 3.63) is 66.2 Å². The van der Waals surface area contributed by atoms with Crippen molar-refractivity contribution in [3.63, 3.8) is 0 Å². The van der Waals surface area contributed by atoms with Crippen LogP contribution in [0, 0.1) is 0 Å². The molecule has 3 aromatic carbocycles. The quantitative estimate of drug-likeness (QED) is 0.330. The molecule has 9 heteroatoms. The SMILES string of the molecule is CC[C@H](C(=O)NC1CCCCC1)N(Cc1cccc(OC)c1)C(=O)CCCN1c2cccc3cccc(c23)S1(=O)=O. The third-order valence-electron chi connectivity index (χ3n) is 8.26. The molecule has 218 valence electrons. The maximum atomic E-state index is 13.8. The molecule has 8 nitrogen and oxygen atoms in total. The Labute approximate surface area is 242 Å². The Morgan fingerprint density at radius 1 is 1.05 bits per heavy atom. The van der Waals surface area contributed by atoms with Crippen LogP contribution < -0.4 is 14.4 Å². The Morgan fingerprint density at radius 2 is 1.78 bits per heavy atom. The summed E-state index contributed by atoms with van der Waals surface area (Å²) in [6.45, 7) is 2.37. The van der Waals surface area contributed by atoms with E-state index in [-0.39, 0.29) is 37.4 Å². The highest BCUT2D eigenvalue weighted by Crippen LogP contribution is 2.42. The van der Waals surface area contributed by atoms with Crippen LogP contribution >= 0.6 is 0 Å². The second-order valence-corrected chi connectivity index (χ2v) is 12.8. The molecule has 1 N–H and O–H groups in total. The first kappa shape index (κ1) is 28.9. The number of carbonyl (C=O) groups is 2. The number of anilines is 1. The van der Waals surface area contributed by atoms with Crippen molar-refractivity contribution in [2.24, 2.45) is 0 Å². The monoisotopic (exact) mass is 577 g/mol. The highest BCUT2D eigenvalue weighted by atomic mass is 32.2. The molecule has 1 aliphatic carbocycles. The molecule has 2 amide bonds. The van der Waals surface area contributed by atoms with Gasteiger partial charge < -0.3 is 15.0 Å². The van der Waals surface area contributed by atoms with E-state index in [2.05, 4.69) is 5.32 Å². The average Bonchev–Trinajstić information content (AvgIpc) is 3.20. The average molecular weight is 578 g/mol. The molecule has 0 spiro atoms. The number of carbonyl (C=O) groups excluding carboxylic acids is 2. The van der Waals surface area contributed by atoms with Crippen LogP contribution in [0.1, 0.15) is 63.9 Å².